The van der Waals surface area contributed by atoms with Crippen LogP contribution in [0, 0.1) is 17.8 Å². The highest BCUT2D eigenvalue weighted by Gasteiger charge is 2.66. The Balaban J connectivity index is 1.57. The lowest BCUT2D eigenvalue weighted by Gasteiger charge is -2.33. The van der Waals surface area contributed by atoms with Crippen molar-refractivity contribution in [2.24, 2.45) is 23.5 Å². The van der Waals surface area contributed by atoms with Crippen LogP contribution in [0.1, 0.15) is 50.7 Å². The highest BCUT2D eigenvalue weighted by Crippen LogP contribution is 2.47. The molecular weight excluding hydrogens is 500 g/mol. The maximum absolute atomic E-state index is 14.0. The summed E-state index contributed by atoms with van der Waals surface area (Å²) in [6.45, 7) is 3.97. The normalized spacial score (nSPS) is 27.2. The van der Waals surface area contributed by atoms with E-state index in [1.54, 1.807) is 54.6 Å². The summed E-state index contributed by atoms with van der Waals surface area (Å²) in [4.78, 5) is 52.2. The van der Waals surface area contributed by atoms with E-state index in [9.17, 15) is 24.3 Å². The molecule has 0 spiro atoms. The predicted octanol–water partition coefficient (Wildman–Crippen LogP) is 3.63. The fraction of sp³-hybridized carbons (Fsp3) is 0.467. The van der Waals surface area contributed by atoms with E-state index in [0.717, 1.165) is 18.4 Å². The number of rotatable bonds is 11. The van der Waals surface area contributed by atoms with Crippen LogP contribution in [0.25, 0.3) is 0 Å². The monoisotopic (exact) mass is 536 g/mol. The van der Waals surface area contributed by atoms with E-state index in [4.69, 9.17) is 15.2 Å². The Morgan fingerprint density at radius 3 is 2.10 bits per heavy atom. The molecule has 2 aromatic carbocycles. The third-order valence-electron chi connectivity index (χ3n) is 7.97. The first kappa shape index (κ1) is 28.3. The first-order chi connectivity index (χ1) is 18.5. The molecule has 39 heavy (non-hydrogen) atoms. The van der Waals surface area contributed by atoms with Gasteiger partial charge in [0.1, 0.15) is 23.8 Å². The third-order valence-corrected chi connectivity index (χ3v) is 7.97. The van der Waals surface area contributed by atoms with Crippen molar-refractivity contribution in [2.45, 2.75) is 69.7 Å². The van der Waals surface area contributed by atoms with Crippen molar-refractivity contribution in [2.75, 3.05) is 0 Å². The van der Waals surface area contributed by atoms with Crippen LogP contribution in [0.5, 0.6) is 0 Å². The molecule has 2 saturated carbocycles. The first-order valence-electron chi connectivity index (χ1n) is 13.3. The van der Waals surface area contributed by atoms with Crippen LogP contribution in [0.2, 0.25) is 0 Å². The molecule has 0 heterocycles. The summed E-state index contributed by atoms with van der Waals surface area (Å²) < 4.78 is 11.1. The second-order valence-electron chi connectivity index (χ2n) is 11.1. The molecule has 0 radical (unpaired) electrons. The number of alkyl carbamates (subject to hydrolysis) is 1. The molecule has 4 unspecified atom stereocenters. The number of esters is 1. The van der Waals surface area contributed by atoms with Gasteiger partial charge in [-0.2, -0.15) is 0 Å². The minimum atomic E-state index is -1.89. The fourth-order valence-corrected chi connectivity index (χ4v) is 5.59. The molecule has 2 fully saturated rings. The standard InChI is InChI=1S/C30H36N2O7/c1-19-13-14-20(2)25(19)39-27(36)30(31)16-23(30)26(35)29(17-24(33)34,15-21-9-5-3-6-10-21)32-28(37)38-18-22-11-7-4-8-12-22/h3-12,19-20,23,25H,13-18,31H2,1-2H3,(H,32,37)(H,33,34)/t19?,20?,23?,25?,29-,30?/m0/s1. The maximum atomic E-state index is 14.0. The summed E-state index contributed by atoms with van der Waals surface area (Å²) in [5.74, 6) is -3.22. The Hall–Kier alpha value is -3.72. The highest BCUT2D eigenvalue weighted by molar-refractivity contribution is 6.04. The van der Waals surface area contributed by atoms with E-state index in [-0.39, 0.29) is 37.4 Å². The lowest BCUT2D eigenvalue weighted by Crippen LogP contribution is -2.59. The van der Waals surface area contributed by atoms with Crippen molar-refractivity contribution in [3.63, 3.8) is 0 Å². The van der Waals surface area contributed by atoms with Gasteiger partial charge in [-0.3, -0.25) is 14.4 Å². The molecule has 9 nitrogen and oxygen atoms in total. The predicted molar refractivity (Wildman–Crippen MR) is 142 cm³/mol. The van der Waals surface area contributed by atoms with E-state index in [1.165, 1.54) is 0 Å². The number of aliphatic carboxylic acids is 1. The summed E-state index contributed by atoms with van der Waals surface area (Å²) >= 11 is 0. The van der Waals surface area contributed by atoms with Crippen molar-refractivity contribution in [1.29, 1.82) is 0 Å². The Morgan fingerprint density at radius 2 is 1.54 bits per heavy atom. The van der Waals surface area contributed by atoms with Gasteiger partial charge in [-0.05, 0) is 42.2 Å². The molecule has 4 N–H and O–H groups in total. The Morgan fingerprint density at radius 1 is 0.974 bits per heavy atom. The van der Waals surface area contributed by atoms with Crippen LogP contribution < -0.4 is 11.1 Å². The molecule has 0 bridgehead atoms. The first-order valence-corrected chi connectivity index (χ1v) is 13.3. The number of benzene rings is 2. The number of ketones is 1. The molecule has 2 aliphatic rings. The van der Waals surface area contributed by atoms with Gasteiger partial charge >= 0.3 is 18.0 Å². The summed E-state index contributed by atoms with van der Waals surface area (Å²) in [5, 5.41) is 12.4. The van der Waals surface area contributed by atoms with Crippen molar-refractivity contribution in [3.05, 3.63) is 71.8 Å². The topological polar surface area (TPSA) is 145 Å². The molecule has 5 atom stereocenters. The molecule has 4 rings (SSSR count). The van der Waals surface area contributed by atoms with Crippen molar-refractivity contribution < 1.29 is 33.8 Å². The molecule has 2 aromatic rings. The molecule has 208 valence electrons. The summed E-state index contributed by atoms with van der Waals surface area (Å²) in [6.07, 6.45) is -0.161. The van der Waals surface area contributed by atoms with Gasteiger partial charge in [0.2, 0.25) is 0 Å². The van der Waals surface area contributed by atoms with Gasteiger partial charge in [0.25, 0.3) is 0 Å². The number of hydrogen-bond donors (Lipinski definition) is 3. The number of carboxylic acids is 1. The zero-order chi connectivity index (χ0) is 28.2. The third kappa shape index (κ3) is 6.47. The van der Waals surface area contributed by atoms with E-state index in [2.05, 4.69) is 5.32 Å². The van der Waals surface area contributed by atoms with Gasteiger partial charge in [-0.25, -0.2) is 4.79 Å². The molecule has 9 heteroatoms. The maximum Gasteiger partial charge on any atom is 0.408 e. The average molecular weight is 537 g/mol. The van der Waals surface area contributed by atoms with Gasteiger partial charge in [0, 0.05) is 6.42 Å². The lowest BCUT2D eigenvalue weighted by molar-refractivity contribution is -0.156. The minimum absolute atomic E-state index is 0.0110. The van der Waals surface area contributed by atoms with Crippen molar-refractivity contribution in [1.82, 2.24) is 5.32 Å². The number of nitrogens with two attached hydrogens (primary N) is 1. The zero-order valence-electron chi connectivity index (χ0n) is 22.3. The molecule has 0 saturated heterocycles. The van der Waals surface area contributed by atoms with E-state index in [0.29, 0.717) is 5.56 Å². The molecule has 1 amide bonds. The second kappa shape index (κ2) is 11.6. The van der Waals surface area contributed by atoms with Crippen LogP contribution in [0.15, 0.2) is 60.7 Å². The van der Waals surface area contributed by atoms with Crippen LogP contribution >= 0.6 is 0 Å². The SMILES string of the molecule is CC1CCC(C)C1OC(=O)C1(N)CC1C(=O)[C@@](CC(=O)O)(Cc1ccccc1)NC(=O)OCc1ccccc1. The quantitative estimate of drug-likeness (QED) is 0.369. The number of carbonyl (C=O) groups is 4. The van der Waals surface area contributed by atoms with Gasteiger partial charge in [-0.1, -0.05) is 74.5 Å². The Labute approximate surface area is 228 Å². The molecule has 0 aliphatic heterocycles. The fourth-order valence-electron chi connectivity index (χ4n) is 5.59. The van der Waals surface area contributed by atoms with Gasteiger partial charge in [0.05, 0.1) is 12.3 Å². The summed E-state index contributed by atoms with van der Waals surface area (Å²) in [7, 11) is 0. The van der Waals surface area contributed by atoms with Crippen LogP contribution in [0.3, 0.4) is 0 Å². The molecule has 0 aromatic heterocycles. The minimum Gasteiger partial charge on any atom is -0.481 e. The largest absolute Gasteiger partial charge is 0.481 e. The number of carbonyl (C=O) groups excluding carboxylic acids is 3. The van der Waals surface area contributed by atoms with Gasteiger partial charge < -0.3 is 25.6 Å². The van der Waals surface area contributed by atoms with E-state index >= 15 is 0 Å². The van der Waals surface area contributed by atoms with Crippen LogP contribution in [-0.2, 0) is 36.9 Å². The second-order valence-corrected chi connectivity index (χ2v) is 11.1. The number of carboxylic acid groups (broad SMARTS) is 1. The lowest BCUT2D eigenvalue weighted by atomic mass is 9.80. The molecule has 2 aliphatic carbocycles. The number of amides is 1. The van der Waals surface area contributed by atoms with E-state index < -0.39 is 47.2 Å². The number of hydrogen-bond acceptors (Lipinski definition) is 7. The van der Waals surface area contributed by atoms with Gasteiger partial charge in [0.15, 0.2) is 5.78 Å². The summed E-state index contributed by atoms with van der Waals surface area (Å²) in [6, 6.07) is 17.7. The van der Waals surface area contributed by atoms with Crippen molar-refractivity contribution >= 4 is 23.8 Å². The average Bonchev–Trinajstić information content (AvgIpc) is 3.52. The number of nitrogens with one attached hydrogen (secondary N) is 1. The van der Waals surface area contributed by atoms with Crippen molar-refractivity contribution in [3.8, 4) is 0 Å². The Bertz CT molecular complexity index is 1190. The smallest absolute Gasteiger partial charge is 0.408 e. The van der Waals surface area contributed by atoms with Gasteiger partial charge in [-0.15, -0.1) is 0 Å². The van der Waals surface area contributed by atoms with E-state index in [1.807, 2.05) is 19.9 Å². The number of Topliss-reactive ketones (excluding diaryl/α,β-unsaturated/α-hetero) is 1. The summed E-state index contributed by atoms with van der Waals surface area (Å²) in [5.41, 5.74) is 4.30. The Kier molecular flexibility index (Phi) is 8.39. The van der Waals surface area contributed by atoms with Crippen LogP contribution in [0.4, 0.5) is 4.79 Å². The number of ether oxygens (including phenoxy) is 2. The molecular formula is C30H36N2O7. The highest BCUT2D eigenvalue weighted by atomic mass is 16.6. The van der Waals surface area contributed by atoms with Crippen LogP contribution in [-0.4, -0.2) is 46.1 Å². The zero-order valence-corrected chi connectivity index (χ0v) is 22.3.